The maximum absolute atomic E-state index is 12.6. The minimum Gasteiger partial charge on any atom is -0.493 e. The summed E-state index contributed by atoms with van der Waals surface area (Å²) in [5.41, 5.74) is 2.38. The first-order valence-corrected chi connectivity index (χ1v) is 12.6. The van der Waals surface area contributed by atoms with Crippen molar-refractivity contribution in [3.05, 3.63) is 76.8 Å². The Morgan fingerprint density at radius 1 is 0.943 bits per heavy atom. The minimum atomic E-state index is -3.71. The summed E-state index contributed by atoms with van der Waals surface area (Å²) in [6.07, 6.45) is 0.475. The summed E-state index contributed by atoms with van der Waals surface area (Å²) >= 11 is 5.92. The normalized spacial score (nSPS) is 11.1. The van der Waals surface area contributed by atoms with Gasteiger partial charge in [-0.15, -0.1) is 0 Å². The van der Waals surface area contributed by atoms with Crippen LogP contribution < -0.4 is 24.2 Å². The molecular formula is C25H27ClN2O6S. The number of carbonyl (C=O) groups is 1. The van der Waals surface area contributed by atoms with Gasteiger partial charge in [-0.25, -0.2) is 13.1 Å². The van der Waals surface area contributed by atoms with Gasteiger partial charge in [0.25, 0.3) is 5.91 Å². The summed E-state index contributed by atoms with van der Waals surface area (Å²) in [5, 5.41) is 3.34. The molecule has 10 heteroatoms. The molecule has 0 radical (unpaired) electrons. The summed E-state index contributed by atoms with van der Waals surface area (Å²) in [6, 6.07) is 16.4. The van der Waals surface area contributed by atoms with Gasteiger partial charge in [-0.2, -0.15) is 0 Å². The monoisotopic (exact) mass is 518 g/mol. The number of anilines is 1. The van der Waals surface area contributed by atoms with Crippen LogP contribution in [0.1, 0.15) is 11.1 Å². The number of nitrogens with one attached hydrogen (secondary N) is 2. The molecule has 0 bridgehead atoms. The summed E-state index contributed by atoms with van der Waals surface area (Å²) in [4.78, 5) is 12.3. The highest BCUT2D eigenvalue weighted by Gasteiger charge is 2.14. The molecule has 35 heavy (non-hydrogen) atoms. The predicted octanol–water partition coefficient (Wildman–Crippen LogP) is 4.20. The van der Waals surface area contributed by atoms with E-state index in [1.54, 1.807) is 38.5 Å². The molecule has 0 saturated carbocycles. The van der Waals surface area contributed by atoms with Gasteiger partial charge in [0, 0.05) is 17.3 Å². The number of hydrogen-bond acceptors (Lipinski definition) is 6. The second-order valence-electron chi connectivity index (χ2n) is 7.60. The standard InChI is InChI=1S/C25H27ClN2O6S/c1-17-14-19(26)5-10-22(17)28-25(29)16-34-20-6-8-21(9-7-20)35(30,31)27-13-12-18-4-11-23(32-2)24(15-18)33-3/h4-11,14-15,27H,12-13,16H2,1-3H3,(H,28,29). The van der Waals surface area contributed by atoms with E-state index in [1.807, 2.05) is 19.1 Å². The van der Waals surface area contributed by atoms with E-state index in [-0.39, 0.29) is 24.0 Å². The van der Waals surface area contributed by atoms with Crippen molar-refractivity contribution in [2.24, 2.45) is 0 Å². The molecule has 0 unspecified atom stereocenters. The van der Waals surface area contributed by atoms with Crippen LogP contribution in [-0.4, -0.2) is 41.7 Å². The number of hydrogen-bond donors (Lipinski definition) is 2. The van der Waals surface area contributed by atoms with Crippen molar-refractivity contribution in [1.82, 2.24) is 4.72 Å². The minimum absolute atomic E-state index is 0.0957. The molecule has 0 heterocycles. The predicted molar refractivity (Wildman–Crippen MR) is 135 cm³/mol. The van der Waals surface area contributed by atoms with Crippen molar-refractivity contribution in [2.75, 3.05) is 32.7 Å². The zero-order chi connectivity index (χ0) is 25.4. The average Bonchev–Trinajstić information content (AvgIpc) is 2.84. The molecular weight excluding hydrogens is 492 g/mol. The molecule has 3 aromatic rings. The Hall–Kier alpha value is -3.27. The van der Waals surface area contributed by atoms with Crippen molar-refractivity contribution in [3.63, 3.8) is 0 Å². The van der Waals surface area contributed by atoms with E-state index in [4.69, 9.17) is 25.8 Å². The van der Waals surface area contributed by atoms with Crippen LogP contribution >= 0.6 is 11.6 Å². The fourth-order valence-electron chi connectivity index (χ4n) is 3.27. The van der Waals surface area contributed by atoms with Crippen LogP contribution in [0.2, 0.25) is 5.02 Å². The molecule has 186 valence electrons. The van der Waals surface area contributed by atoms with Gasteiger partial charge in [0.15, 0.2) is 18.1 Å². The van der Waals surface area contributed by atoms with Crippen molar-refractivity contribution in [1.29, 1.82) is 0 Å². The lowest BCUT2D eigenvalue weighted by atomic mass is 10.1. The molecule has 2 N–H and O–H groups in total. The average molecular weight is 519 g/mol. The van der Waals surface area contributed by atoms with Gasteiger partial charge in [0.2, 0.25) is 10.0 Å². The molecule has 1 amide bonds. The Morgan fingerprint density at radius 3 is 2.31 bits per heavy atom. The van der Waals surface area contributed by atoms with Crippen molar-refractivity contribution in [2.45, 2.75) is 18.2 Å². The van der Waals surface area contributed by atoms with E-state index >= 15 is 0 Å². The largest absolute Gasteiger partial charge is 0.493 e. The Bertz CT molecular complexity index is 1280. The zero-order valence-corrected chi connectivity index (χ0v) is 21.2. The first-order valence-electron chi connectivity index (χ1n) is 10.7. The summed E-state index contributed by atoms with van der Waals surface area (Å²) < 4.78 is 43.8. The molecule has 0 atom stereocenters. The number of amides is 1. The summed E-state index contributed by atoms with van der Waals surface area (Å²) in [6.45, 7) is 1.82. The van der Waals surface area contributed by atoms with E-state index in [2.05, 4.69) is 10.0 Å². The van der Waals surface area contributed by atoms with Crippen LogP contribution in [0.5, 0.6) is 17.2 Å². The molecule has 0 saturated heterocycles. The first kappa shape index (κ1) is 26.3. The second kappa shape index (κ2) is 11.9. The van der Waals surface area contributed by atoms with Gasteiger partial charge in [-0.1, -0.05) is 17.7 Å². The van der Waals surface area contributed by atoms with Crippen molar-refractivity contribution < 1.29 is 27.4 Å². The topological polar surface area (TPSA) is 103 Å². The van der Waals surface area contributed by atoms with Crippen LogP contribution in [0.15, 0.2) is 65.6 Å². The van der Waals surface area contributed by atoms with E-state index in [9.17, 15) is 13.2 Å². The number of sulfonamides is 1. The SMILES string of the molecule is COc1ccc(CCNS(=O)(=O)c2ccc(OCC(=O)Nc3ccc(Cl)cc3C)cc2)cc1OC. The molecule has 0 aliphatic rings. The maximum atomic E-state index is 12.6. The van der Waals surface area contributed by atoms with E-state index < -0.39 is 10.0 Å². The number of aryl methyl sites for hydroxylation is 1. The molecule has 0 aliphatic carbocycles. The number of halogens is 1. The lowest BCUT2D eigenvalue weighted by molar-refractivity contribution is -0.118. The first-order chi connectivity index (χ1) is 16.7. The molecule has 0 spiro atoms. The Labute approximate surface area is 210 Å². The van der Waals surface area contributed by atoms with Gasteiger partial charge in [-0.05, 0) is 79.1 Å². The number of rotatable bonds is 11. The number of benzene rings is 3. The highest BCUT2D eigenvalue weighted by Crippen LogP contribution is 2.27. The molecule has 0 aromatic heterocycles. The Morgan fingerprint density at radius 2 is 1.66 bits per heavy atom. The van der Waals surface area contributed by atoms with Gasteiger partial charge in [0.1, 0.15) is 5.75 Å². The van der Waals surface area contributed by atoms with Gasteiger partial charge in [0.05, 0.1) is 19.1 Å². The summed E-state index contributed by atoms with van der Waals surface area (Å²) in [5.74, 6) is 1.22. The van der Waals surface area contributed by atoms with Gasteiger partial charge < -0.3 is 19.5 Å². The zero-order valence-electron chi connectivity index (χ0n) is 19.6. The lowest BCUT2D eigenvalue weighted by Gasteiger charge is -2.11. The highest BCUT2D eigenvalue weighted by atomic mass is 35.5. The van der Waals surface area contributed by atoms with Crippen LogP contribution in [0.3, 0.4) is 0 Å². The number of carbonyl (C=O) groups excluding carboxylic acids is 1. The van der Waals surface area contributed by atoms with Crippen LogP contribution in [-0.2, 0) is 21.2 Å². The third-order valence-corrected chi connectivity index (χ3v) is 6.83. The fourth-order valence-corrected chi connectivity index (χ4v) is 4.53. The van der Waals surface area contributed by atoms with E-state index in [1.165, 1.54) is 24.3 Å². The van der Waals surface area contributed by atoms with Crippen molar-refractivity contribution >= 4 is 33.2 Å². The van der Waals surface area contributed by atoms with E-state index in [0.717, 1.165) is 11.1 Å². The number of methoxy groups -OCH3 is 2. The highest BCUT2D eigenvalue weighted by molar-refractivity contribution is 7.89. The Kier molecular flexibility index (Phi) is 8.97. The quantitative estimate of drug-likeness (QED) is 0.394. The smallest absolute Gasteiger partial charge is 0.262 e. The number of ether oxygens (including phenoxy) is 3. The third kappa shape index (κ3) is 7.35. The van der Waals surface area contributed by atoms with Crippen LogP contribution in [0.25, 0.3) is 0 Å². The molecule has 8 nitrogen and oxygen atoms in total. The van der Waals surface area contributed by atoms with Gasteiger partial charge in [-0.3, -0.25) is 4.79 Å². The second-order valence-corrected chi connectivity index (χ2v) is 9.81. The third-order valence-electron chi connectivity index (χ3n) is 5.12. The molecule has 0 aliphatic heterocycles. The summed E-state index contributed by atoms with van der Waals surface area (Å²) in [7, 11) is -0.607. The lowest BCUT2D eigenvalue weighted by Crippen LogP contribution is -2.26. The fraction of sp³-hybridized carbons (Fsp3) is 0.240. The maximum Gasteiger partial charge on any atom is 0.262 e. The van der Waals surface area contributed by atoms with Crippen molar-refractivity contribution in [3.8, 4) is 17.2 Å². The Balaban J connectivity index is 1.51. The van der Waals surface area contributed by atoms with E-state index in [0.29, 0.717) is 34.4 Å². The molecule has 3 rings (SSSR count). The molecule has 0 fully saturated rings. The van der Waals surface area contributed by atoms with Crippen LogP contribution in [0, 0.1) is 6.92 Å². The van der Waals surface area contributed by atoms with Crippen LogP contribution in [0.4, 0.5) is 5.69 Å². The molecule has 3 aromatic carbocycles. The van der Waals surface area contributed by atoms with Gasteiger partial charge >= 0.3 is 0 Å².